The zero-order chi connectivity index (χ0) is 12.3. The topological polar surface area (TPSA) is 32.3 Å². The van der Waals surface area contributed by atoms with E-state index in [9.17, 15) is 4.79 Å². The van der Waals surface area contributed by atoms with E-state index in [4.69, 9.17) is 11.6 Å². The Bertz CT molecular complexity index is 419. The lowest BCUT2D eigenvalue weighted by molar-refractivity contribution is 0.0750. The van der Waals surface area contributed by atoms with Crippen molar-refractivity contribution in [2.24, 2.45) is 0 Å². The predicted octanol–water partition coefficient (Wildman–Crippen LogP) is 3.08. The van der Waals surface area contributed by atoms with Crippen LogP contribution in [0.4, 0.5) is 0 Å². The van der Waals surface area contributed by atoms with Crippen LogP contribution in [0, 0.1) is 3.57 Å². The van der Waals surface area contributed by atoms with Gasteiger partial charge in [0, 0.05) is 22.2 Å². The van der Waals surface area contributed by atoms with Crippen molar-refractivity contribution in [3.05, 3.63) is 32.4 Å². The zero-order valence-electron chi connectivity index (χ0n) is 9.38. The molecule has 0 aromatic heterocycles. The summed E-state index contributed by atoms with van der Waals surface area (Å²) >= 11 is 8.15. The minimum Gasteiger partial charge on any atom is -0.285 e. The average molecular weight is 365 g/mol. The molecule has 0 saturated carbocycles. The van der Waals surface area contributed by atoms with Gasteiger partial charge in [-0.2, -0.15) is 0 Å². The first-order chi connectivity index (χ1) is 8.16. The maximum Gasteiger partial charge on any atom is 0.265 e. The van der Waals surface area contributed by atoms with Crippen LogP contribution >= 0.6 is 34.2 Å². The number of nitrogens with zero attached hydrogens (tertiary/aromatic N) is 1. The SMILES string of the molecule is O=C(NN1CCCCC1)c1ccc(I)c(Cl)c1. The highest BCUT2D eigenvalue weighted by atomic mass is 127. The number of carbonyl (C=O) groups excluding carboxylic acids is 1. The van der Waals surface area contributed by atoms with Crippen molar-refractivity contribution in [2.75, 3.05) is 13.1 Å². The molecule has 0 spiro atoms. The molecule has 1 aromatic carbocycles. The van der Waals surface area contributed by atoms with E-state index in [-0.39, 0.29) is 5.91 Å². The molecule has 0 atom stereocenters. The number of halogens is 2. The standard InChI is InChI=1S/C12H14ClIN2O/c13-10-8-9(4-5-11(10)14)12(17)15-16-6-2-1-3-7-16/h4-5,8H,1-3,6-7H2,(H,15,17). The Morgan fingerprint density at radius 2 is 2.00 bits per heavy atom. The molecule has 0 aliphatic carbocycles. The lowest BCUT2D eigenvalue weighted by atomic mass is 10.1. The number of hydrazine groups is 1. The molecule has 5 heteroatoms. The molecule has 0 unspecified atom stereocenters. The van der Waals surface area contributed by atoms with Crippen molar-refractivity contribution in [1.82, 2.24) is 10.4 Å². The summed E-state index contributed by atoms with van der Waals surface area (Å²) in [5, 5.41) is 2.61. The third-order valence-corrected chi connectivity index (χ3v) is 4.37. The van der Waals surface area contributed by atoms with Crippen LogP contribution in [0.15, 0.2) is 18.2 Å². The molecule has 3 nitrogen and oxygen atoms in total. The highest BCUT2D eigenvalue weighted by molar-refractivity contribution is 14.1. The van der Waals surface area contributed by atoms with Gasteiger partial charge in [-0.1, -0.05) is 18.0 Å². The van der Waals surface area contributed by atoms with Crippen LogP contribution in [0.25, 0.3) is 0 Å². The van der Waals surface area contributed by atoms with Gasteiger partial charge in [-0.25, -0.2) is 5.01 Å². The third kappa shape index (κ3) is 3.56. The quantitative estimate of drug-likeness (QED) is 0.818. The number of benzene rings is 1. The minimum atomic E-state index is -0.0785. The number of nitrogens with one attached hydrogen (secondary N) is 1. The lowest BCUT2D eigenvalue weighted by Crippen LogP contribution is -2.45. The van der Waals surface area contributed by atoms with Gasteiger partial charge in [0.25, 0.3) is 5.91 Å². The van der Waals surface area contributed by atoms with Crippen LogP contribution in [0.2, 0.25) is 5.02 Å². The van der Waals surface area contributed by atoms with Crippen LogP contribution in [-0.2, 0) is 0 Å². The van der Waals surface area contributed by atoms with Gasteiger partial charge in [-0.3, -0.25) is 10.2 Å². The normalized spacial score (nSPS) is 16.8. The largest absolute Gasteiger partial charge is 0.285 e. The second kappa shape index (κ2) is 6.02. The molecule has 92 valence electrons. The Kier molecular flexibility index (Phi) is 4.64. The monoisotopic (exact) mass is 364 g/mol. The molecule has 1 heterocycles. The van der Waals surface area contributed by atoms with Crippen molar-refractivity contribution in [3.63, 3.8) is 0 Å². The first-order valence-corrected chi connectivity index (χ1v) is 7.13. The molecule has 1 saturated heterocycles. The zero-order valence-corrected chi connectivity index (χ0v) is 12.3. The fraction of sp³-hybridized carbons (Fsp3) is 0.417. The smallest absolute Gasteiger partial charge is 0.265 e. The molecule has 1 aliphatic rings. The van der Waals surface area contributed by atoms with Crippen LogP contribution in [0.1, 0.15) is 29.6 Å². The Hall–Kier alpha value is -0.330. The fourth-order valence-corrected chi connectivity index (χ4v) is 2.37. The number of rotatable bonds is 2. The Morgan fingerprint density at radius 1 is 1.29 bits per heavy atom. The van der Waals surface area contributed by atoms with Crippen molar-refractivity contribution in [2.45, 2.75) is 19.3 Å². The Labute approximate surface area is 120 Å². The maximum absolute atomic E-state index is 12.0. The minimum absolute atomic E-state index is 0.0785. The number of carbonyl (C=O) groups is 1. The van der Waals surface area contributed by atoms with E-state index in [2.05, 4.69) is 28.0 Å². The molecule has 0 radical (unpaired) electrons. The lowest BCUT2D eigenvalue weighted by Gasteiger charge is -2.26. The summed E-state index contributed by atoms with van der Waals surface area (Å²) in [5.74, 6) is -0.0785. The molecule has 1 amide bonds. The molecule has 1 aromatic rings. The second-order valence-electron chi connectivity index (χ2n) is 4.12. The molecular formula is C12H14ClIN2O. The molecule has 2 rings (SSSR count). The molecule has 1 N–H and O–H groups in total. The van der Waals surface area contributed by atoms with Crippen molar-refractivity contribution in [1.29, 1.82) is 0 Å². The average Bonchev–Trinajstić information content (AvgIpc) is 2.34. The van der Waals surface area contributed by atoms with E-state index >= 15 is 0 Å². The van der Waals surface area contributed by atoms with E-state index in [0.717, 1.165) is 29.5 Å². The first-order valence-electron chi connectivity index (χ1n) is 5.68. The summed E-state index contributed by atoms with van der Waals surface area (Å²) in [6.45, 7) is 1.87. The molecule has 0 bridgehead atoms. The van der Waals surface area contributed by atoms with Gasteiger partial charge in [0.15, 0.2) is 0 Å². The summed E-state index contributed by atoms with van der Waals surface area (Å²) in [7, 11) is 0. The van der Waals surface area contributed by atoms with Crippen LogP contribution < -0.4 is 5.43 Å². The summed E-state index contributed by atoms with van der Waals surface area (Å²) < 4.78 is 0.957. The molecular weight excluding hydrogens is 351 g/mol. The van der Waals surface area contributed by atoms with Crippen molar-refractivity contribution in [3.8, 4) is 0 Å². The maximum atomic E-state index is 12.0. The number of hydrogen-bond acceptors (Lipinski definition) is 2. The highest BCUT2D eigenvalue weighted by Gasteiger charge is 2.14. The third-order valence-electron chi connectivity index (χ3n) is 2.80. The highest BCUT2D eigenvalue weighted by Crippen LogP contribution is 2.19. The number of piperidine rings is 1. The van der Waals surface area contributed by atoms with E-state index in [1.165, 1.54) is 6.42 Å². The Morgan fingerprint density at radius 3 is 2.65 bits per heavy atom. The van der Waals surface area contributed by atoms with Crippen molar-refractivity contribution >= 4 is 40.1 Å². The van der Waals surface area contributed by atoms with Gasteiger partial charge >= 0.3 is 0 Å². The van der Waals surface area contributed by atoms with E-state index in [1.807, 2.05) is 11.1 Å². The van der Waals surface area contributed by atoms with Crippen LogP contribution in [-0.4, -0.2) is 24.0 Å². The molecule has 1 fully saturated rings. The fourth-order valence-electron chi connectivity index (χ4n) is 1.85. The van der Waals surface area contributed by atoms with Gasteiger partial charge in [-0.15, -0.1) is 0 Å². The van der Waals surface area contributed by atoms with Gasteiger partial charge < -0.3 is 0 Å². The van der Waals surface area contributed by atoms with Gasteiger partial charge in [0.1, 0.15) is 0 Å². The summed E-state index contributed by atoms with van der Waals surface area (Å²) in [4.78, 5) is 12.0. The van der Waals surface area contributed by atoms with Crippen molar-refractivity contribution < 1.29 is 4.79 Å². The summed E-state index contributed by atoms with van der Waals surface area (Å²) in [5.41, 5.74) is 3.53. The number of amides is 1. The van der Waals surface area contributed by atoms with E-state index < -0.39 is 0 Å². The van der Waals surface area contributed by atoms with E-state index in [1.54, 1.807) is 12.1 Å². The molecule has 1 aliphatic heterocycles. The van der Waals surface area contributed by atoms with Gasteiger partial charge in [0.05, 0.1) is 5.02 Å². The summed E-state index contributed by atoms with van der Waals surface area (Å²) in [6, 6.07) is 5.36. The second-order valence-corrected chi connectivity index (χ2v) is 5.69. The van der Waals surface area contributed by atoms with Crippen LogP contribution in [0.5, 0.6) is 0 Å². The first kappa shape index (κ1) is 13.1. The number of hydrogen-bond donors (Lipinski definition) is 1. The predicted molar refractivity (Wildman–Crippen MR) is 77.1 cm³/mol. The molecule has 17 heavy (non-hydrogen) atoms. The van der Waals surface area contributed by atoms with E-state index in [0.29, 0.717) is 10.6 Å². The van der Waals surface area contributed by atoms with Crippen LogP contribution in [0.3, 0.4) is 0 Å². The van der Waals surface area contributed by atoms with Gasteiger partial charge in [-0.05, 0) is 53.6 Å². The Balaban J connectivity index is 2.01. The summed E-state index contributed by atoms with van der Waals surface area (Å²) in [6.07, 6.45) is 3.54. The van der Waals surface area contributed by atoms with Gasteiger partial charge in [0.2, 0.25) is 0 Å².